The minimum atomic E-state index is -0.0645. The molecule has 1 N–H and O–H groups in total. The molecule has 1 aliphatic rings. The molecule has 0 spiro atoms. The van der Waals surface area contributed by atoms with Gasteiger partial charge < -0.3 is 10.1 Å². The maximum atomic E-state index is 12.9. The first-order chi connectivity index (χ1) is 15.0. The topological polar surface area (TPSA) is 59.4 Å². The van der Waals surface area contributed by atoms with Gasteiger partial charge in [-0.15, -0.1) is 0 Å². The molecule has 0 bridgehead atoms. The van der Waals surface area contributed by atoms with Crippen molar-refractivity contribution >= 4 is 5.91 Å². The number of aryl methyl sites for hydroxylation is 3. The lowest BCUT2D eigenvalue weighted by atomic mass is 10.0. The van der Waals surface area contributed by atoms with Crippen molar-refractivity contribution in [1.82, 2.24) is 20.0 Å². The Morgan fingerprint density at radius 2 is 1.71 bits per heavy atom. The highest BCUT2D eigenvalue weighted by molar-refractivity contribution is 5.94. The lowest BCUT2D eigenvalue weighted by Crippen LogP contribution is -2.43. The van der Waals surface area contributed by atoms with Gasteiger partial charge in [0.25, 0.3) is 5.91 Å². The number of rotatable bonds is 6. The van der Waals surface area contributed by atoms with Crippen molar-refractivity contribution < 1.29 is 9.53 Å². The molecule has 1 atom stereocenters. The van der Waals surface area contributed by atoms with Crippen LogP contribution in [0.15, 0.2) is 54.6 Å². The van der Waals surface area contributed by atoms with Crippen molar-refractivity contribution in [2.75, 3.05) is 32.8 Å². The highest BCUT2D eigenvalue weighted by Gasteiger charge is 2.23. The molecule has 3 aromatic rings. The molecule has 6 nitrogen and oxygen atoms in total. The average molecular weight is 419 g/mol. The first-order valence-corrected chi connectivity index (χ1v) is 10.8. The zero-order chi connectivity index (χ0) is 21.8. The number of hydrogen-bond donors (Lipinski definition) is 1. The summed E-state index contributed by atoms with van der Waals surface area (Å²) in [6.45, 7) is 9.83. The second-order valence-electron chi connectivity index (χ2n) is 8.17. The Labute approximate surface area is 183 Å². The number of nitrogens with one attached hydrogen (secondary N) is 1. The Balaban J connectivity index is 1.45. The van der Waals surface area contributed by atoms with E-state index < -0.39 is 0 Å². The molecular weight excluding hydrogens is 388 g/mol. The third kappa shape index (κ3) is 5.03. The average Bonchev–Trinajstić information content (AvgIpc) is 3.13. The first-order valence-electron chi connectivity index (χ1n) is 10.8. The van der Waals surface area contributed by atoms with Crippen LogP contribution in [0.4, 0.5) is 0 Å². The Hall–Kier alpha value is -2.96. The minimum Gasteiger partial charge on any atom is -0.379 e. The van der Waals surface area contributed by atoms with Gasteiger partial charge in [0.15, 0.2) is 0 Å². The van der Waals surface area contributed by atoms with E-state index in [1.165, 1.54) is 11.1 Å². The summed E-state index contributed by atoms with van der Waals surface area (Å²) in [6.07, 6.45) is 0. The maximum Gasteiger partial charge on any atom is 0.251 e. The number of benzene rings is 2. The van der Waals surface area contributed by atoms with Crippen molar-refractivity contribution in [3.63, 3.8) is 0 Å². The predicted octanol–water partition coefficient (Wildman–Crippen LogP) is 3.60. The zero-order valence-corrected chi connectivity index (χ0v) is 18.5. The summed E-state index contributed by atoms with van der Waals surface area (Å²) in [5.74, 6) is -0.0645. The van der Waals surface area contributed by atoms with Crippen LogP contribution in [0, 0.1) is 20.8 Å². The van der Waals surface area contributed by atoms with Gasteiger partial charge in [0.1, 0.15) is 0 Å². The van der Waals surface area contributed by atoms with Crippen molar-refractivity contribution in [2.24, 2.45) is 0 Å². The standard InChI is InChI=1S/C25H30N4O2/c1-18-4-6-21(7-5-18)24(28-12-14-31-15-13-28)17-26-25(30)22-8-10-23(11-9-22)29-20(3)16-19(2)27-29/h4-11,16,24H,12-15,17H2,1-3H3,(H,26,30). The number of aromatic nitrogens is 2. The summed E-state index contributed by atoms with van der Waals surface area (Å²) in [5.41, 5.74) is 6.09. The Morgan fingerprint density at radius 1 is 1.03 bits per heavy atom. The van der Waals surface area contributed by atoms with Crippen LogP contribution in [0.25, 0.3) is 5.69 Å². The lowest BCUT2D eigenvalue weighted by molar-refractivity contribution is 0.0162. The van der Waals surface area contributed by atoms with Crippen molar-refractivity contribution in [2.45, 2.75) is 26.8 Å². The number of nitrogens with zero attached hydrogens (tertiary/aromatic N) is 3. The van der Waals surface area contributed by atoms with Gasteiger partial charge in [-0.1, -0.05) is 29.8 Å². The normalized spacial score (nSPS) is 15.6. The van der Waals surface area contributed by atoms with Gasteiger partial charge in [0.2, 0.25) is 0 Å². The SMILES string of the molecule is Cc1ccc(C(CNC(=O)c2ccc(-n3nc(C)cc3C)cc2)N2CCOCC2)cc1. The molecule has 1 aliphatic heterocycles. The number of carbonyl (C=O) groups is 1. The van der Waals surface area contributed by atoms with E-state index >= 15 is 0 Å². The Kier molecular flexibility index (Phi) is 6.49. The van der Waals surface area contributed by atoms with Gasteiger partial charge in [0, 0.05) is 30.9 Å². The van der Waals surface area contributed by atoms with E-state index in [2.05, 4.69) is 46.5 Å². The quantitative estimate of drug-likeness (QED) is 0.665. The number of hydrogen-bond acceptors (Lipinski definition) is 4. The summed E-state index contributed by atoms with van der Waals surface area (Å²) in [4.78, 5) is 15.2. The monoisotopic (exact) mass is 418 g/mol. The fourth-order valence-electron chi connectivity index (χ4n) is 4.07. The predicted molar refractivity (Wildman–Crippen MR) is 122 cm³/mol. The van der Waals surface area contributed by atoms with Crippen molar-refractivity contribution in [3.8, 4) is 5.69 Å². The van der Waals surface area contributed by atoms with Gasteiger partial charge in [-0.05, 0) is 56.7 Å². The second kappa shape index (κ2) is 9.45. The fourth-order valence-corrected chi connectivity index (χ4v) is 4.07. The fraction of sp³-hybridized carbons (Fsp3) is 0.360. The molecule has 1 saturated heterocycles. The van der Waals surface area contributed by atoms with Crippen LogP contribution >= 0.6 is 0 Å². The van der Waals surface area contributed by atoms with Gasteiger partial charge in [0.05, 0.1) is 30.6 Å². The highest BCUT2D eigenvalue weighted by Crippen LogP contribution is 2.22. The molecule has 1 unspecified atom stereocenters. The highest BCUT2D eigenvalue weighted by atomic mass is 16.5. The molecule has 1 aromatic heterocycles. The van der Waals surface area contributed by atoms with Crippen LogP contribution in [0.2, 0.25) is 0 Å². The van der Waals surface area contributed by atoms with Crippen molar-refractivity contribution in [1.29, 1.82) is 0 Å². The van der Waals surface area contributed by atoms with Crippen LogP contribution in [0.1, 0.15) is 38.9 Å². The summed E-state index contributed by atoms with van der Waals surface area (Å²) in [6, 6.07) is 18.3. The number of ether oxygens (including phenoxy) is 1. The summed E-state index contributed by atoms with van der Waals surface area (Å²) in [7, 11) is 0. The van der Waals surface area contributed by atoms with Gasteiger partial charge >= 0.3 is 0 Å². The van der Waals surface area contributed by atoms with E-state index in [1.54, 1.807) is 0 Å². The van der Waals surface area contributed by atoms with Crippen molar-refractivity contribution in [3.05, 3.63) is 82.7 Å². The molecule has 6 heteroatoms. The van der Waals surface area contributed by atoms with E-state index in [0.29, 0.717) is 12.1 Å². The van der Waals surface area contributed by atoms with E-state index in [9.17, 15) is 4.79 Å². The van der Waals surface area contributed by atoms with E-state index in [0.717, 1.165) is 43.4 Å². The number of carbonyl (C=O) groups excluding carboxylic acids is 1. The smallest absolute Gasteiger partial charge is 0.251 e. The second-order valence-corrected chi connectivity index (χ2v) is 8.17. The van der Waals surface area contributed by atoms with E-state index in [1.807, 2.05) is 48.9 Å². The summed E-state index contributed by atoms with van der Waals surface area (Å²) >= 11 is 0. The van der Waals surface area contributed by atoms with Crippen LogP contribution in [0.3, 0.4) is 0 Å². The molecular formula is C25H30N4O2. The molecule has 2 aromatic carbocycles. The summed E-state index contributed by atoms with van der Waals surface area (Å²) < 4.78 is 7.41. The molecule has 4 rings (SSSR count). The zero-order valence-electron chi connectivity index (χ0n) is 18.5. The molecule has 0 saturated carbocycles. The summed E-state index contributed by atoms with van der Waals surface area (Å²) in [5, 5.41) is 7.65. The molecule has 31 heavy (non-hydrogen) atoms. The van der Waals surface area contributed by atoms with Crippen LogP contribution in [-0.4, -0.2) is 53.4 Å². The number of amides is 1. The van der Waals surface area contributed by atoms with Crippen LogP contribution < -0.4 is 5.32 Å². The molecule has 0 radical (unpaired) electrons. The molecule has 2 heterocycles. The van der Waals surface area contributed by atoms with Gasteiger partial charge in [-0.2, -0.15) is 5.10 Å². The van der Waals surface area contributed by atoms with Gasteiger partial charge in [-0.3, -0.25) is 9.69 Å². The molecule has 162 valence electrons. The van der Waals surface area contributed by atoms with Crippen LogP contribution in [-0.2, 0) is 4.74 Å². The molecule has 1 fully saturated rings. The van der Waals surface area contributed by atoms with Crippen LogP contribution in [0.5, 0.6) is 0 Å². The third-order valence-corrected chi connectivity index (χ3v) is 5.79. The first kappa shape index (κ1) is 21.3. The third-order valence-electron chi connectivity index (χ3n) is 5.79. The Bertz CT molecular complexity index is 1020. The molecule has 1 amide bonds. The minimum absolute atomic E-state index is 0.0645. The number of morpholine rings is 1. The largest absolute Gasteiger partial charge is 0.379 e. The lowest BCUT2D eigenvalue weighted by Gasteiger charge is -2.35. The Morgan fingerprint density at radius 3 is 2.32 bits per heavy atom. The van der Waals surface area contributed by atoms with Gasteiger partial charge in [-0.25, -0.2) is 4.68 Å². The van der Waals surface area contributed by atoms with E-state index in [4.69, 9.17) is 4.74 Å². The van der Waals surface area contributed by atoms with E-state index in [-0.39, 0.29) is 11.9 Å². The maximum absolute atomic E-state index is 12.9. The molecule has 0 aliphatic carbocycles.